The number of carboxylic acids is 1. The number of nitrogens with zero attached hydrogens (tertiary/aromatic N) is 1. The van der Waals surface area contributed by atoms with Crippen LogP contribution in [0.5, 0.6) is 0 Å². The molecule has 3 N–H and O–H groups in total. The van der Waals surface area contributed by atoms with Crippen LogP contribution in [0.4, 0.5) is 4.79 Å². The zero-order valence-electron chi connectivity index (χ0n) is 9.80. The molecule has 2 aliphatic rings. The molecule has 0 aromatic carbocycles. The first-order valence-electron chi connectivity index (χ1n) is 5.95. The van der Waals surface area contributed by atoms with Crippen molar-refractivity contribution < 1.29 is 19.8 Å². The van der Waals surface area contributed by atoms with Crippen LogP contribution in [0.2, 0.25) is 0 Å². The highest BCUT2D eigenvalue weighted by molar-refractivity contribution is 5.83. The van der Waals surface area contributed by atoms with Crippen LogP contribution in [-0.2, 0) is 4.79 Å². The number of aliphatic hydroxyl groups excluding tert-OH is 1. The quantitative estimate of drug-likeness (QED) is 0.636. The van der Waals surface area contributed by atoms with E-state index in [0.717, 1.165) is 12.8 Å². The van der Waals surface area contributed by atoms with E-state index in [1.54, 1.807) is 0 Å². The summed E-state index contributed by atoms with van der Waals surface area (Å²) in [6.45, 7) is 2.22. The van der Waals surface area contributed by atoms with Gasteiger partial charge in [0.2, 0.25) is 0 Å². The summed E-state index contributed by atoms with van der Waals surface area (Å²) in [5.41, 5.74) is 0. The minimum atomic E-state index is -1.06. The molecule has 0 spiro atoms. The summed E-state index contributed by atoms with van der Waals surface area (Å²) in [5.74, 6) is -0.432. The lowest BCUT2D eigenvalue weighted by Crippen LogP contribution is -2.52. The fraction of sp³-hybridized carbons (Fsp3) is 0.818. The van der Waals surface area contributed by atoms with Gasteiger partial charge < -0.3 is 20.4 Å². The topological polar surface area (TPSA) is 89.9 Å². The van der Waals surface area contributed by atoms with Gasteiger partial charge in [-0.1, -0.05) is 6.92 Å². The zero-order valence-corrected chi connectivity index (χ0v) is 9.80. The second-order valence-corrected chi connectivity index (χ2v) is 5.12. The Morgan fingerprint density at radius 1 is 1.29 bits per heavy atom. The number of hydrogen-bond acceptors (Lipinski definition) is 3. The average molecular weight is 242 g/mol. The van der Waals surface area contributed by atoms with Crippen LogP contribution >= 0.6 is 0 Å². The second-order valence-electron chi connectivity index (χ2n) is 5.12. The van der Waals surface area contributed by atoms with Crippen LogP contribution < -0.4 is 5.32 Å². The summed E-state index contributed by atoms with van der Waals surface area (Å²) in [5, 5.41) is 21.2. The molecule has 2 atom stereocenters. The number of carbonyl (C=O) groups excluding carboxylic acids is 1. The van der Waals surface area contributed by atoms with Crippen molar-refractivity contribution in [1.29, 1.82) is 0 Å². The molecule has 1 aliphatic carbocycles. The van der Waals surface area contributed by atoms with Crippen molar-refractivity contribution >= 4 is 12.0 Å². The predicted octanol–water partition coefficient (Wildman–Crippen LogP) is 0.0143. The lowest BCUT2D eigenvalue weighted by atomic mass is 9.82. The Hall–Kier alpha value is -1.30. The van der Waals surface area contributed by atoms with E-state index in [9.17, 15) is 14.7 Å². The first-order chi connectivity index (χ1) is 7.97. The molecule has 1 saturated carbocycles. The van der Waals surface area contributed by atoms with E-state index in [2.05, 4.69) is 12.2 Å². The van der Waals surface area contributed by atoms with Crippen LogP contribution in [0.25, 0.3) is 0 Å². The maximum absolute atomic E-state index is 11.9. The van der Waals surface area contributed by atoms with Crippen molar-refractivity contribution in [3.63, 3.8) is 0 Å². The number of urea groups is 1. The van der Waals surface area contributed by atoms with Crippen LogP contribution in [0.3, 0.4) is 0 Å². The molecule has 0 aromatic rings. The Balaban J connectivity index is 1.91. The predicted molar refractivity (Wildman–Crippen MR) is 59.5 cm³/mol. The summed E-state index contributed by atoms with van der Waals surface area (Å²) in [7, 11) is 0. The Labute approximate surface area is 99.6 Å². The van der Waals surface area contributed by atoms with E-state index in [4.69, 9.17) is 5.11 Å². The summed E-state index contributed by atoms with van der Waals surface area (Å²) in [4.78, 5) is 24.0. The second kappa shape index (κ2) is 4.52. The van der Waals surface area contributed by atoms with Gasteiger partial charge in [0.1, 0.15) is 6.04 Å². The number of carboxylic acid groups (broad SMARTS) is 1. The molecule has 96 valence electrons. The SMILES string of the molecule is CC1CC(NC(=O)N2C[C@H](O)C[C@@H]2C(=O)O)C1. The summed E-state index contributed by atoms with van der Waals surface area (Å²) < 4.78 is 0. The van der Waals surface area contributed by atoms with Crippen molar-refractivity contribution in [2.45, 2.75) is 44.4 Å². The van der Waals surface area contributed by atoms with Gasteiger partial charge in [0.05, 0.1) is 6.10 Å². The van der Waals surface area contributed by atoms with E-state index < -0.39 is 18.1 Å². The first-order valence-corrected chi connectivity index (χ1v) is 5.95. The van der Waals surface area contributed by atoms with Crippen LogP contribution in [0, 0.1) is 5.92 Å². The van der Waals surface area contributed by atoms with E-state index in [1.165, 1.54) is 4.90 Å². The highest BCUT2D eigenvalue weighted by Crippen LogP contribution is 2.27. The molecule has 17 heavy (non-hydrogen) atoms. The molecule has 2 amide bonds. The molecule has 1 heterocycles. The molecular weight excluding hydrogens is 224 g/mol. The number of likely N-dealkylation sites (tertiary alicyclic amines) is 1. The van der Waals surface area contributed by atoms with Crippen molar-refractivity contribution in [2.24, 2.45) is 5.92 Å². The number of aliphatic hydroxyl groups is 1. The normalized spacial score (nSPS) is 36.5. The number of amides is 2. The maximum atomic E-state index is 11.9. The Morgan fingerprint density at radius 3 is 2.47 bits per heavy atom. The molecule has 6 heteroatoms. The standard InChI is InChI=1S/C11H18N2O4/c1-6-2-7(3-6)12-11(17)13-5-8(14)4-9(13)10(15)16/h6-9,14H,2-5H2,1H3,(H,12,17)(H,15,16)/t6?,7?,8-,9-/m1/s1. The van der Waals surface area contributed by atoms with Crippen molar-refractivity contribution in [2.75, 3.05) is 6.54 Å². The molecule has 2 fully saturated rings. The van der Waals surface area contributed by atoms with Crippen LogP contribution in [0.1, 0.15) is 26.2 Å². The van der Waals surface area contributed by atoms with Gasteiger partial charge in [0.15, 0.2) is 0 Å². The van der Waals surface area contributed by atoms with E-state index in [1.807, 2.05) is 0 Å². The number of aliphatic carboxylic acids is 1. The monoisotopic (exact) mass is 242 g/mol. The molecule has 2 rings (SSSR count). The molecule has 6 nitrogen and oxygen atoms in total. The number of hydrogen-bond donors (Lipinski definition) is 3. The van der Waals surface area contributed by atoms with Gasteiger partial charge in [-0.25, -0.2) is 9.59 Å². The summed E-state index contributed by atoms with van der Waals surface area (Å²) in [6, 6.07) is -1.11. The zero-order chi connectivity index (χ0) is 12.6. The molecule has 0 aromatic heterocycles. The highest BCUT2D eigenvalue weighted by Gasteiger charge is 2.40. The van der Waals surface area contributed by atoms with Crippen molar-refractivity contribution in [3.05, 3.63) is 0 Å². The van der Waals surface area contributed by atoms with Crippen LogP contribution in [0.15, 0.2) is 0 Å². The largest absolute Gasteiger partial charge is 0.480 e. The van der Waals surface area contributed by atoms with Gasteiger partial charge in [-0.2, -0.15) is 0 Å². The smallest absolute Gasteiger partial charge is 0.326 e. The van der Waals surface area contributed by atoms with Gasteiger partial charge in [-0.05, 0) is 18.8 Å². The summed E-state index contributed by atoms with van der Waals surface area (Å²) >= 11 is 0. The van der Waals surface area contributed by atoms with Gasteiger partial charge >= 0.3 is 12.0 Å². The van der Waals surface area contributed by atoms with E-state index in [0.29, 0.717) is 5.92 Å². The fourth-order valence-corrected chi connectivity index (χ4v) is 2.55. The van der Waals surface area contributed by atoms with Gasteiger partial charge in [-0.3, -0.25) is 0 Å². The molecule has 1 aliphatic heterocycles. The molecule has 1 saturated heterocycles. The lowest BCUT2D eigenvalue weighted by molar-refractivity contribution is -0.141. The molecule has 0 unspecified atom stereocenters. The van der Waals surface area contributed by atoms with Crippen LogP contribution in [-0.4, -0.2) is 51.8 Å². The van der Waals surface area contributed by atoms with E-state index in [-0.39, 0.29) is 25.0 Å². The molecule has 0 bridgehead atoms. The van der Waals surface area contributed by atoms with E-state index >= 15 is 0 Å². The average Bonchev–Trinajstić information content (AvgIpc) is 2.58. The number of rotatable bonds is 2. The minimum Gasteiger partial charge on any atom is -0.480 e. The first kappa shape index (κ1) is 12.2. The van der Waals surface area contributed by atoms with Crippen molar-refractivity contribution in [1.82, 2.24) is 10.2 Å². The van der Waals surface area contributed by atoms with Gasteiger partial charge in [0, 0.05) is 19.0 Å². The lowest BCUT2D eigenvalue weighted by Gasteiger charge is -2.35. The highest BCUT2D eigenvalue weighted by atomic mass is 16.4. The van der Waals surface area contributed by atoms with Gasteiger partial charge in [-0.15, -0.1) is 0 Å². The third kappa shape index (κ3) is 2.52. The van der Waals surface area contributed by atoms with Crippen molar-refractivity contribution in [3.8, 4) is 0 Å². The number of nitrogens with one attached hydrogen (secondary N) is 1. The van der Waals surface area contributed by atoms with Gasteiger partial charge in [0.25, 0.3) is 0 Å². The number of carbonyl (C=O) groups is 2. The third-order valence-corrected chi connectivity index (χ3v) is 3.53. The summed E-state index contributed by atoms with van der Waals surface area (Å²) in [6.07, 6.45) is 1.27. The minimum absolute atomic E-state index is 0.102. The Kier molecular flexibility index (Phi) is 3.24. The third-order valence-electron chi connectivity index (χ3n) is 3.53. The Morgan fingerprint density at radius 2 is 1.94 bits per heavy atom. The number of β-amino-alcohol motifs (C(OH)–C–C–N with tert-alkyl or cyclic N) is 1. The maximum Gasteiger partial charge on any atom is 0.326 e. The molecule has 0 radical (unpaired) electrons. The Bertz CT molecular complexity index is 327. The molecular formula is C11H18N2O4. The fourth-order valence-electron chi connectivity index (χ4n) is 2.55.